The Morgan fingerprint density at radius 2 is 2.23 bits per heavy atom. The minimum absolute atomic E-state index is 0.189. The summed E-state index contributed by atoms with van der Waals surface area (Å²) in [4.78, 5) is 16.5. The molecular formula is C17H21N3O2. The number of carbonyl (C=O) groups is 1. The lowest BCUT2D eigenvalue weighted by molar-refractivity contribution is 0.0946. The quantitative estimate of drug-likeness (QED) is 0.909. The molecule has 5 heteroatoms. The van der Waals surface area contributed by atoms with Gasteiger partial charge < -0.3 is 15.1 Å². The number of benzene rings is 1. The maximum absolute atomic E-state index is 12.2. The van der Waals surface area contributed by atoms with Crippen molar-refractivity contribution in [3.63, 3.8) is 0 Å². The molecule has 0 spiro atoms. The summed E-state index contributed by atoms with van der Waals surface area (Å²) in [5.41, 5.74) is 2.62. The van der Waals surface area contributed by atoms with Crippen molar-refractivity contribution in [1.29, 1.82) is 0 Å². The monoisotopic (exact) mass is 299 g/mol. The van der Waals surface area contributed by atoms with Gasteiger partial charge in [-0.2, -0.15) is 0 Å². The average molecular weight is 299 g/mol. The first-order chi connectivity index (χ1) is 10.7. The molecule has 0 saturated carbocycles. The van der Waals surface area contributed by atoms with Crippen LogP contribution in [0.15, 0.2) is 34.9 Å². The highest BCUT2D eigenvalue weighted by molar-refractivity contribution is 5.91. The molecule has 2 heterocycles. The summed E-state index contributed by atoms with van der Waals surface area (Å²) in [5, 5.41) is 6.19. The molecule has 5 nitrogen and oxygen atoms in total. The number of nitrogens with one attached hydrogen (secondary N) is 2. The average Bonchev–Trinajstić information content (AvgIpc) is 3.04. The Morgan fingerprint density at radius 1 is 1.41 bits per heavy atom. The van der Waals surface area contributed by atoms with Gasteiger partial charge in [-0.25, -0.2) is 4.98 Å². The first kappa shape index (κ1) is 14.8. The lowest BCUT2D eigenvalue weighted by Crippen LogP contribution is -2.27. The highest BCUT2D eigenvalue weighted by atomic mass is 16.3. The Kier molecular flexibility index (Phi) is 4.53. The van der Waals surface area contributed by atoms with E-state index in [0.717, 1.165) is 31.5 Å². The summed E-state index contributed by atoms with van der Waals surface area (Å²) in [6.07, 6.45) is 3.47. The van der Waals surface area contributed by atoms with Gasteiger partial charge in [-0.15, -0.1) is 0 Å². The molecule has 1 aromatic heterocycles. The summed E-state index contributed by atoms with van der Waals surface area (Å²) < 4.78 is 5.50. The number of hydrogen-bond acceptors (Lipinski definition) is 4. The van der Waals surface area contributed by atoms with Crippen LogP contribution in [-0.4, -0.2) is 24.0 Å². The largest absolute Gasteiger partial charge is 0.448 e. The molecule has 116 valence electrons. The summed E-state index contributed by atoms with van der Waals surface area (Å²) in [6, 6.07) is 8.08. The van der Waals surface area contributed by atoms with Crippen LogP contribution in [0.4, 0.5) is 0 Å². The second-order valence-corrected chi connectivity index (χ2v) is 5.77. The fraction of sp³-hybridized carbons (Fsp3) is 0.412. The van der Waals surface area contributed by atoms with E-state index in [1.165, 1.54) is 11.8 Å². The van der Waals surface area contributed by atoms with Gasteiger partial charge in [0.1, 0.15) is 6.26 Å². The Labute approximate surface area is 130 Å². The molecule has 1 saturated heterocycles. The van der Waals surface area contributed by atoms with Gasteiger partial charge in [0, 0.05) is 12.5 Å². The predicted octanol–water partition coefficient (Wildman–Crippen LogP) is 2.38. The smallest absolute Gasteiger partial charge is 0.273 e. The van der Waals surface area contributed by atoms with Crippen molar-refractivity contribution < 1.29 is 9.21 Å². The third kappa shape index (κ3) is 3.54. The van der Waals surface area contributed by atoms with Crippen molar-refractivity contribution in [2.45, 2.75) is 32.2 Å². The number of oxazole rings is 1. The van der Waals surface area contributed by atoms with Crippen molar-refractivity contribution in [3.05, 3.63) is 53.2 Å². The number of aryl methyl sites for hydroxylation is 1. The molecule has 0 radical (unpaired) electrons. The third-order valence-corrected chi connectivity index (χ3v) is 3.98. The van der Waals surface area contributed by atoms with E-state index in [1.54, 1.807) is 0 Å². The van der Waals surface area contributed by atoms with E-state index in [0.29, 0.717) is 24.0 Å². The van der Waals surface area contributed by atoms with E-state index in [-0.39, 0.29) is 5.91 Å². The molecule has 0 bridgehead atoms. The molecule has 22 heavy (non-hydrogen) atoms. The normalized spacial score (nSPS) is 15.7. The standard InChI is InChI=1S/C17H21N3O2/c1-12-3-2-4-13(9-12)10-19-16(21)15-11-22-17(20-15)14-5-7-18-8-6-14/h2-4,9,11,14,18H,5-8,10H2,1H3,(H,19,21). The van der Waals surface area contributed by atoms with E-state index in [9.17, 15) is 4.79 Å². The van der Waals surface area contributed by atoms with E-state index in [2.05, 4.69) is 21.7 Å². The van der Waals surface area contributed by atoms with Crippen LogP contribution in [0.25, 0.3) is 0 Å². The fourth-order valence-electron chi connectivity index (χ4n) is 2.74. The van der Waals surface area contributed by atoms with Crippen LogP contribution in [-0.2, 0) is 6.54 Å². The van der Waals surface area contributed by atoms with Crippen molar-refractivity contribution in [1.82, 2.24) is 15.6 Å². The zero-order valence-electron chi connectivity index (χ0n) is 12.8. The van der Waals surface area contributed by atoms with Gasteiger partial charge in [-0.1, -0.05) is 29.8 Å². The van der Waals surface area contributed by atoms with Crippen molar-refractivity contribution >= 4 is 5.91 Å². The molecule has 1 aromatic carbocycles. The summed E-state index contributed by atoms with van der Waals surface area (Å²) in [6.45, 7) is 4.48. The number of amides is 1. The van der Waals surface area contributed by atoms with Gasteiger partial charge in [0.15, 0.2) is 11.6 Å². The molecule has 2 N–H and O–H groups in total. The van der Waals surface area contributed by atoms with Crippen LogP contribution in [0.1, 0.15) is 46.3 Å². The molecule has 1 fully saturated rings. The number of aromatic nitrogens is 1. The molecule has 1 aliphatic heterocycles. The van der Waals surface area contributed by atoms with Crippen molar-refractivity contribution in [2.24, 2.45) is 0 Å². The molecule has 0 unspecified atom stereocenters. The van der Waals surface area contributed by atoms with E-state index in [1.807, 2.05) is 25.1 Å². The lowest BCUT2D eigenvalue weighted by Gasteiger charge is -2.19. The first-order valence-electron chi connectivity index (χ1n) is 7.72. The van der Waals surface area contributed by atoms with Gasteiger partial charge in [0.25, 0.3) is 5.91 Å². The number of nitrogens with zero attached hydrogens (tertiary/aromatic N) is 1. The summed E-state index contributed by atoms with van der Waals surface area (Å²) in [5.74, 6) is 0.812. The zero-order chi connectivity index (χ0) is 15.4. The van der Waals surface area contributed by atoms with Crippen molar-refractivity contribution in [2.75, 3.05) is 13.1 Å². The minimum atomic E-state index is -0.189. The number of hydrogen-bond donors (Lipinski definition) is 2. The van der Waals surface area contributed by atoms with Gasteiger partial charge >= 0.3 is 0 Å². The van der Waals surface area contributed by atoms with E-state index >= 15 is 0 Å². The Balaban J connectivity index is 1.59. The van der Waals surface area contributed by atoms with Crippen LogP contribution in [0.5, 0.6) is 0 Å². The number of rotatable bonds is 4. The maximum atomic E-state index is 12.2. The molecule has 2 aromatic rings. The minimum Gasteiger partial charge on any atom is -0.448 e. The lowest BCUT2D eigenvalue weighted by atomic mass is 9.98. The first-order valence-corrected chi connectivity index (χ1v) is 7.72. The highest BCUT2D eigenvalue weighted by Crippen LogP contribution is 2.24. The Hall–Kier alpha value is -2.14. The van der Waals surface area contributed by atoms with Crippen LogP contribution in [0, 0.1) is 6.92 Å². The molecule has 0 atom stereocenters. The van der Waals surface area contributed by atoms with Gasteiger partial charge in [0.05, 0.1) is 0 Å². The molecule has 1 amide bonds. The Bertz CT molecular complexity index is 645. The SMILES string of the molecule is Cc1cccc(CNC(=O)c2coc(C3CCNCC3)n2)c1. The molecule has 3 rings (SSSR count). The second kappa shape index (κ2) is 6.75. The van der Waals surface area contributed by atoms with E-state index < -0.39 is 0 Å². The Morgan fingerprint density at radius 3 is 3.00 bits per heavy atom. The topological polar surface area (TPSA) is 67.2 Å². The molecular weight excluding hydrogens is 278 g/mol. The highest BCUT2D eigenvalue weighted by Gasteiger charge is 2.21. The second-order valence-electron chi connectivity index (χ2n) is 5.77. The molecule has 0 aliphatic carbocycles. The van der Waals surface area contributed by atoms with Crippen LogP contribution in [0.3, 0.4) is 0 Å². The van der Waals surface area contributed by atoms with Crippen LogP contribution in [0.2, 0.25) is 0 Å². The fourth-order valence-corrected chi connectivity index (χ4v) is 2.74. The predicted molar refractivity (Wildman–Crippen MR) is 83.7 cm³/mol. The molecule has 1 aliphatic rings. The third-order valence-electron chi connectivity index (χ3n) is 3.98. The zero-order valence-corrected chi connectivity index (χ0v) is 12.8. The van der Waals surface area contributed by atoms with Crippen molar-refractivity contribution in [3.8, 4) is 0 Å². The van der Waals surface area contributed by atoms with E-state index in [4.69, 9.17) is 4.42 Å². The number of carbonyl (C=O) groups excluding carboxylic acids is 1. The van der Waals surface area contributed by atoms with Gasteiger partial charge in [0.2, 0.25) is 0 Å². The van der Waals surface area contributed by atoms with Gasteiger partial charge in [-0.05, 0) is 38.4 Å². The van der Waals surface area contributed by atoms with Crippen LogP contribution < -0.4 is 10.6 Å². The number of piperidine rings is 1. The summed E-state index contributed by atoms with van der Waals surface area (Å²) in [7, 11) is 0. The maximum Gasteiger partial charge on any atom is 0.273 e. The van der Waals surface area contributed by atoms with Crippen LogP contribution >= 0.6 is 0 Å². The summed E-state index contributed by atoms with van der Waals surface area (Å²) >= 11 is 0. The van der Waals surface area contributed by atoms with Gasteiger partial charge in [-0.3, -0.25) is 4.79 Å².